The molecule has 1 aliphatic heterocycles. The zero-order chi connectivity index (χ0) is 11.4. The van der Waals surface area contributed by atoms with Crippen LogP contribution in [0.4, 0.5) is 0 Å². The van der Waals surface area contributed by atoms with Crippen LogP contribution in [0.2, 0.25) is 0 Å². The van der Waals surface area contributed by atoms with Crippen molar-refractivity contribution in [3.8, 4) is 5.88 Å². The van der Waals surface area contributed by atoms with Gasteiger partial charge in [0.05, 0.1) is 0 Å². The zero-order valence-corrected chi connectivity index (χ0v) is 9.72. The van der Waals surface area contributed by atoms with Gasteiger partial charge in [0.15, 0.2) is 0 Å². The molecule has 4 heteroatoms. The molecular formula is C12H19N3O. The average molecular weight is 221 g/mol. The van der Waals surface area contributed by atoms with Crippen molar-refractivity contribution in [2.24, 2.45) is 5.73 Å². The number of likely N-dealkylation sites (tertiary alicyclic amines) is 1. The van der Waals surface area contributed by atoms with Gasteiger partial charge in [0.25, 0.3) is 0 Å². The molecule has 0 radical (unpaired) electrons. The Hall–Kier alpha value is -1.13. The summed E-state index contributed by atoms with van der Waals surface area (Å²) in [5.41, 5.74) is 6.64. The van der Waals surface area contributed by atoms with E-state index >= 15 is 0 Å². The van der Waals surface area contributed by atoms with E-state index in [0.29, 0.717) is 25.1 Å². The molecule has 0 amide bonds. The third kappa shape index (κ3) is 2.51. The fraction of sp³-hybridized carbons (Fsp3) is 0.583. The molecule has 0 saturated carbocycles. The molecule has 2 heterocycles. The maximum Gasteiger partial charge on any atom is 0.213 e. The van der Waals surface area contributed by atoms with Crippen LogP contribution >= 0.6 is 0 Å². The summed E-state index contributed by atoms with van der Waals surface area (Å²) in [6.45, 7) is 2.22. The van der Waals surface area contributed by atoms with Crippen LogP contribution in [-0.4, -0.2) is 36.6 Å². The summed E-state index contributed by atoms with van der Waals surface area (Å²) >= 11 is 0. The van der Waals surface area contributed by atoms with Crippen LogP contribution in [0.5, 0.6) is 5.88 Å². The van der Waals surface area contributed by atoms with Crippen molar-refractivity contribution in [2.75, 3.05) is 26.7 Å². The molecule has 1 aromatic heterocycles. The first kappa shape index (κ1) is 11.4. The number of pyridine rings is 1. The van der Waals surface area contributed by atoms with E-state index in [1.165, 1.54) is 24.9 Å². The maximum atomic E-state index is 5.36. The summed E-state index contributed by atoms with van der Waals surface area (Å²) in [5.74, 6) is 0.662. The maximum absolute atomic E-state index is 5.36. The van der Waals surface area contributed by atoms with Crippen molar-refractivity contribution in [3.63, 3.8) is 0 Å². The van der Waals surface area contributed by atoms with Gasteiger partial charge in [-0.3, -0.25) is 4.90 Å². The fourth-order valence-electron chi connectivity index (χ4n) is 2.17. The Kier molecular flexibility index (Phi) is 3.74. The standard InChI is InChI=1S/C12H19N3O/c1-15-7-2-3-11(15)10-4-5-12(14-9-10)16-8-6-13/h4-5,9,11H,2-3,6-8,13H2,1H3. The van der Waals surface area contributed by atoms with Crippen LogP contribution in [0.15, 0.2) is 18.3 Å². The molecule has 88 valence electrons. The van der Waals surface area contributed by atoms with E-state index in [2.05, 4.69) is 23.0 Å². The third-order valence-electron chi connectivity index (χ3n) is 3.03. The summed E-state index contributed by atoms with van der Waals surface area (Å²) in [6, 6.07) is 4.55. The van der Waals surface area contributed by atoms with E-state index in [4.69, 9.17) is 10.5 Å². The van der Waals surface area contributed by atoms with Gasteiger partial charge in [-0.1, -0.05) is 6.07 Å². The minimum absolute atomic E-state index is 0.523. The number of hydrogen-bond donors (Lipinski definition) is 1. The van der Waals surface area contributed by atoms with Crippen LogP contribution in [0.3, 0.4) is 0 Å². The summed E-state index contributed by atoms with van der Waals surface area (Å²) in [7, 11) is 2.16. The van der Waals surface area contributed by atoms with Crippen LogP contribution in [0.25, 0.3) is 0 Å². The zero-order valence-electron chi connectivity index (χ0n) is 9.72. The van der Waals surface area contributed by atoms with Crippen molar-refractivity contribution in [2.45, 2.75) is 18.9 Å². The van der Waals surface area contributed by atoms with Gasteiger partial charge >= 0.3 is 0 Å². The minimum Gasteiger partial charge on any atom is -0.476 e. The average Bonchev–Trinajstić information content (AvgIpc) is 2.74. The summed E-state index contributed by atoms with van der Waals surface area (Å²) < 4.78 is 5.35. The minimum atomic E-state index is 0.523. The van der Waals surface area contributed by atoms with Crippen molar-refractivity contribution >= 4 is 0 Å². The number of ether oxygens (including phenoxy) is 1. The molecule has 0 bridgehead atoms. The highest BCUT2D eigenvalue weighted by Crippen LogP contribution is 2.30. The van der Waals surface area contributed by atoms with Crippen LogP contribution in [-0.2, 0) is 0 Å². The summed E-state index contributed by atoms with van der Waals surface area (Å²) in [4.78, 5) is 6.66. The van der Waals surface area contributed by atoms with Gasteiger partial charge in [-0.15, -0.1) is 0 Å². The molecule has 4 nitrogen and oxygen atoms in total. The highest BCUT2D eigenvalue weighted by atomic mass is 16.5. The van der Waals surface area contributed by atoms with Gasteiger partial charge in [-0.05, 0) is 32.0 Å². The van der Waals surface area contributed by atoms with Crippen LogP contribution in [0, 0.1) is 0 Å². The van der Waals surface area contributed by atoms with Gasteiger partial charge in [0, 0.05) is 24.8 Å². The highest BCUT2D eigenvalue weighted by molar-refractivity contribution is 5.21. The van der Waals surface area contributed by atoms with Gasteiger partial charge < -0.3 is 10.5 Å². The van der Waals surface area contributed by atoms with Crippen molar-refractivity contribution in [1.82, 2.24) is 9.88 Å². The Labute approximate surface area is 96.4 Å². The highest BCUT2D eigenvalue weighted by Gasteiger charge is 2.22. The van der Waals surface area contributed by atoms with Crippen LogP contribution in [0.1, 0.15) is 24.4 Å². The molecule has 0 aromatic carbocycles. The summed E-state index contributed by atoms with van der Waals surface area (Å²) in [6.07, 6.45) is 4.41. The van der Waals surface area contributed by atoms with E-state index in [-0.39, 0.29) is 0 Å². The molecular weight excluding hydrogens is 202 g/mol. The van der Waals surface area contributed by atoms with E-state index in [1.54, 1.807) is 0 Å². The Morgan fingerprint density at radius 3 is 3.00 bits per heavy atom. The molecule has 1 atom stereocenters. The lowest BCUT2D eigenvalue weighted by Crippen LogP contribution is -2.17. The third-order valence-corrected chi connectivity index (χ3v) is 3.03. The van der Waals surface area contributed by atoms with Gasteiger partial charge in [-0.25, -0.2) is 4.98 Å². The first-order valence-corrected chi connectivity index (χ1v) is 5.80. The van der Waals surface area contributed by atoms with E-state index in [9.17, 15) is 0 Å². The molecule has 1 aromatic rings. The number of rotatable bonds is 4. The molecule has 1 unspecified atom stereocenters. The lowest BCUT2D eigenvalue weighted by molar-refractivity contribution is 0.308. The predicted octanol–water partition coefficient (Wildman–Crippen LogP) is 1.19. The van der Waals surface area contributed by atoms with Crippen LogP contribution < -0.4 is 10.5 Å². The topological polar surface area (TPSA) is 51.4 Å². The quantitative estimate of drug-likeness (QED) is 0.829. The predicted molar refractivity (Wildman–Crippen MR) is 63.4 cm³/mol. The Bertz CT molecular complexity index is 326. The van der Waals surface area contributed by atoms with Gasteiger partial charge in [0.1, 0.15) is 6.61 Å². The lowest BCUT2D eigenvalue weighted by atomic mass is 10.1. The summed E-state index contributed by atoms with van der Waals surface area (Å²) in [5, 5.41) is 0. The molecule has 1 fully saturated rings. The van der Waals surface area contributed by atoms with E-state index in [0.717, 1.165) is 0 Å². The number of nitrogens with zero attached hydrogens (tertiary/aromatic N) is 2. The molecule has 2 rings (SSSR count). The second kappa shape index (κ2) is 5.27. The first-order chi connectivity index (χ1) is 7.81. The van der Waals surface area contributed by atoms with Crippen molar-refractivity contribution < 1.29 is 4.74 Å². The first-order valence-electron chi connectivity index (χ1n) is 5.80. The van der Waals surface area contributed by atoms with E-state index < -0.39 is 0 Å². The van der Waals surface area contributed by atoms with E-state index in [1.807, 2.05) is 12.3 Å². The van der Waals surface area contributed by atoms with Gasteiger partial charge in [0.2, 0.25) is 5.88 Å². The monoisotopic (exact) mass is 221 g/mol. The Balaban J connectivity index is 2.01. The molecule has 0 aliphatic carbocycles. The number of nitrogens with two attached hydrogens (primary N) is 1. The fourth-order valence-corrected chi connectivity index (χ4v) is 2.17. The Morgan fingerprint density at radius 1 is 1.56 bits per heavy atom. The smallest absolute Gasteiger partial charge is 0.213 e. The van der Waals surface area contributed by atoms with Crippen molar-refractivity contribution in [1.29, 1.82) is 0 Å². The second-order valence-electron chi connectivity index (χ2n) is 4.21. The molecule has 2 N–H and O–H groups in total. The number of aromatic nitrogens is 1. The molecule has 0 spiro atoms. The molecule has 1 aliphatic rings. The second-order valence-corrected chi connectivity index (χ2v) is 4.21. The lowest BCUT2D eigenvalue weighted by Gasteiger charge is -2.19. The normalized spacial score (nSPS) is 21.2. The number of hydrogen-bond acceptors (Lipinski definition) is 4. The van der Waals surface area contributed by atoms with Crippen molar-refractivity contribution in [3.05, 3.63) is 23.9 Å². The van der Waals surface area contributed by atoms with Gasteiger partial charge in [-0.2, -0.15) is 0 Å². The molecule has 1 saturated heterocycles. The Morgan fingerprint density at radius 2 is 2.44 bits per heavy atom. The molecule has 16 heavy (non-hydrogen) atoms. The largest absolute Gasteiger partial charge is 0.476 e. The SMILES string of the molecule is CN1CCCC1c1ccc(OCCN)nc1.